The van der Waals surface area contributed by atoms with E-state index in [0.29, 0.717) is 16.9 Å². The number of rotatable bonds is 4. The van der Waals surface area contributed by atoms with Crippen LogP contribution in [0.1, 0.15) is 27.2 Å². The normalized spacial score (nSPS) is 10.3. The summed E-state index contributed by atoms with van der Waals surface area (Å²) in [6.45, 7) is 5.08. The highest BCUT2D eigenvalue weighted by Crippen LogP contribution is 2.19. The molecule has 2 rings (SSSR count). The predicted octanol–water partition coefficient (Wildman–Crippen LogP) is 3.46. The van der Waals surface area contributed by atoms with Crippen LogP contribution in [0.25, 0.3) is 0 Å². The summed E-state index contributed by atoms with van der Waals surface area (Å²) in [5.41, 5.74) is 3.28. The van der Waals surface area contributed by atoms with Gasteiger partial charge in [-0.05, 0) is 44.5 Å². The van der Waals surface area contributed by atoms with Gasteiger partial charge in [0, 0.05) is 11.4 Å². The number of benzene rings is 1. The fourth-order valence-corrected chi connectivity index (χ4v) is 2.43. The Hall–Kier alpha value is -2.40. The molecule has 5 nitrogen and oxygen atoms in total. The van der Waals surface area contributed by atoms with E-state index in [1.165, 1.54) is 0 Å². The lowest BCUT2D eigenvalue weighted by molar-refractivity contribution is -0.119. The van der Waals surface area contributed by atoms with Crippen molar-refractivity contribution in [3.8, 4) is 0 Å². The highest BCUT2D eigenvalue weighted by Gasteiger charge is 2.18. The highest BCUT2D eigenvalue weighted by molar-refractivity contribution is 6.32. The van der Waals surface area contributed by atoms with Gasteiger partial charge >= 0.3 is 5.97 Å². The van der Waals surface area contributed by atoms with Crippen LogP contribution in [-0.2, 0) is 9.53 Å². The summed E-state index contributed by atoms with van der Waals surface area (Å²) >= 11 is 5.98. The van der Waals surface area contributed by atoms with Crippen LogP contribution < -0.4 is 5.32 Å². The van der Waals surface area contributed by atoms with Crippen molar-refractivity contribution < 1.29 is 14.3 Å². The minimum Gasteiger partial charge on any atom is -0.452 e. The zero-order valence-corrected chi connectivity index (χ0v) is 13.9. The van der Waals surface area contributed by atoms with Crippen molar-refractivity contribution in [1.29, 1.82) is 0 Å². The Morgan fingerprint density at radius 3 is 2.43 bits per heavy atom. The van der Waals surface area contributed by atoms with Gasteiger partial charge in [-0.1, -0.05) is 29.3 Å². The summed E-state index contributed by atoms with van der Waals surface area (Å²) in [5, 5.41) is 2.72. The van der Waals surface area contributed by atoms with Gasteiger partial charge in [0.25, 0.3) is 5.91 Å². The average molecular weight is 333 g/mol. The summed E-state index contributed by atoms with van der Waals surface area (Å²) in [4.78, 5) is 27.9. The zero-order chi connectivity index (χ0) is 17.0. The summed E-state index contributed by atoms with van der Waals surface area (Å²) in [5.74, 6) is -1.09. The second kappa shape index (κ2) is 7.24. The Morgan fingerprint density at radius 1 is 1.17 bits per heavy atom. The quantitative estimate of drug-likeness (QED) is 0.687. The number of hydrogen-bond donors (Lipinski definition) is 1. The molecule has 2 aromatic rings. The van der Waals surface area contributed by atoms with Gasteiger partial charge in [-0.3, -0.25) is 4.79 Å². The number of aryl methyl sites for hydroxylation is 3. The lowest BCUT2D eigenvalue weighted by Crippen LogP contribution is -2.21. The topological polar surface area (TPSA) is 68.3 Å². The van der Waals surface area contributed by atoms with Crippen molar-refractivity contribution in [3.05, 3.63) is 57.9 Å². The molecule has 0 aliphatic carbocycles. The van der Waals surface area contributed by atoms with Crippen LogP contribution in [0.5, 0.6) is 0 Å². The number of aromatic nitrogens is 1. The number of amides is 1. The molecular formula is C17H17ClN2O3. The fourth-order valence-electron chi connectivity index (χ4n) is 2.07. The van der Waals surface area contributed by atoms with Gasteiger partial charge in [0.2, 0.25) is 0 Å². The number of anilines is 1. The molecule has 1 heterocycles. The van der Waals surface area contributed by atoms with Crippen LogP contribution in [0.4, 0.5) is 5.69 Å². The SMILES string of the molecule is Cc1ccc(NC(=O)COC(=O)c2c(C)cc(C)nc2Cl)cc1. The molecule has 6 heteroatoms. The van der Waals surface area contributed by atoms with E-state index in [0.717, 1.165) is 5.56 Å². The van der Waals surface area contributed by atoms with Crippen LogP contribution in [0.15, 0.2) is 30.3 Å². The molecule has 0 bridgehead atoms. The molecule has 0 spiro atoms. The third kappa shape index (κ3) is 4.53. The molecule has 0 saturated carbocycles. The van der Waals surface area contributed by atoms with Crippen LogP contribution in [0.3, 0.4) is 0 Å². The highest BCUT2D eigenvalue weighted by atomic mass is 35.5. The third-order valence-corrected chi connectivity index (χ3v) is 3.45. The van der Waals surface area contributed by atoms with E-state index in [1.807, 2.05) is 19.1 Å². The van der Waals surface area contributed by atoms with E-state index in [4.69, 9.17) is 16.3 Å². The van der Waals surface area contributed by atoms with Crippen molar-refractivity contribution in [3.63, 3.8) is 0 Å². The van der Waals surface area contributed by atoms with E-state index in [-0.39, 0.29) is 10.7 Å². The summed E-state index contributed by atoms with van der Waals surface area (Å²) < 4.78 is 5.01. The van der Waals surface area contributed by atoms with Gasteiger partial charge in [-0.15, -0.1) is 0 Å². The predicted molar refractivity (Wildman–Crippen MR) is 88.8 cm³/mol. The maximum absolute atomic E-state index is 12.1. The molecule has 0 fully saturated rings. The van der Waals surface area contributed by atoms with Crippen LogP contribution in [-0.4, -0.2) is 23.5 Å². The van der Waals surface area contributed by atoms with Crippen molar-refractivity contribution in [1.82, 2.24) is 4.98 Å². The Morgan fingerprint density at radius 2 is 1.83 bits per heavy atom. The molecule has 23 heavy (non-hydrogen) atoms. The third-order valence-electron chi connectivity index (χ3n) is 3.17. The standard InChI is InChI=1S/C17H17ClN2O3/c1-10-4-6-13(7-5-10)20-14(21)9-23-17(22)15-11(2)8-12(3)19-16(15)18/h4-8H,9H2,1-3H3,(H,20,21). The number of nitrogens with zero attached hydrogens (tertiary/aromatic N) is 1. The number of esters is 1. The molecule has 0 aliphatic rings. The van der Waals surface area contributed by atoms with Gasteiger partial charge in [0.1, 0.15) is 5.15 Å². The maximum Gasteiger partial charge on any atom is 0.342 e. The van der Waals surface area contributed by atoms with Crippen molar-refractivity contribution in [2.75, 3.05) is 11.9 Å². The molecule has 0 saturated heterocycles. The van der Waals surface area contributed by atoms with E-state index in [9.17, 15) is 9.59 Å². The number of pyridine rings is 1. The maximum atomic E-state index is 12.1. The van der Waals surface area contributed by atoms with E-state index in [1.54, 1.807) is 32.0 Å². The van der Waals surface area contributed by atoms with Crippen molar-refractivity contribution in [2.24, 2.45) is 0 Å². The molecule has 0 atom stereocenters. The first kappa shape index (κ1) is 17.0. The van der Waals surface area contributed by atoms with Gasteiger partial charge in [0.15, 0.2) is 6.61 Å². The molecule has 1 amide bonds. The number of halogens is 1. The monoisotopic (exact) mass is 332 g/mol. The number of carbonyl (C=O) groups excluding carboxylic acids is 2. The summed E-state index contributed by atoms with van der Waals surface area (Å²) in [6.07, 6.45) is 0. The summed E-state index contributed by atoms with van der Waals surface area (Å²) in [6, 6.07) is 9.04. The van der Waals surface area contributed by atoms with Crippen LogP contribution in [0.2, 0.25) is 5.15 Å². The number of carbonyl (C=O) groups is 2. The van der Waals surface area contributed by atoms with Gasteiger partial charge in [0.05, 0.1) is 5.56 Å². The van der Waals surface area contributed by atoms with Crippen LogP contribution >= 0.6 is 11.6 Å². The number of ether oxygens (including phenoxy) is 1. The lowest BCUT2D eigenvalue weighted by Gasteiger charge is -2.10. The minimum absolute atomic E-state index is 0.0754. The Bertz CT molecular complexity index is 719. The van der Waals surface area contributed by atoms with E-state index in [2.05, 4.69) is 10.3 Å². The molecule has 1 aromatic heterocycles. The molecule has 0 aliphatic heterocycles. The second-order valence-corrected chi connectivity index (χ2v) is 5.59. The first-order valence-electron chi connectivity index (χ1n) is 7.04. The van der Waals surface area contributed by atoms with Crippen LogP contribution in [0, 0.1) is 20.8 Å². The lowest BCUT2D eigenvalue weighted by atomic mass is 10.1. The first-order chi connectivity index (χ1) is 10.9. The van der Waals surface area contributed by atoms with Crippen molar-refractivity contribution in [2.45, 2.75) is 20.8 Å². The Kier molecular flexibility index (Phi) is 5.34. The smallest absolute Gasteiger partial charge is 0.342 e. The Balaban J connectivity index is 1.96. The average Bonchev–Trinajstić information content (AvgIpc) is 2.46. The molecule has 0 radical (unpaired) electrons. The number of hydrogen-bond acceptors (Lipinski definition) is 4. The minimum atomic E-state index is -0.668. The second-order valence-electron chi connectivity index (χ2n) is 5.24. The zero-order valence-electron chi connectivity index (χ0n) is 13.1. The van der Waals surface area contributed by atoms with E-state index >= 15 is 0 Å². The molecular weight excluding hydrogens is 316 g/mol. The van der Waals surface area contributed by atoms with Crippen molar-refractivity contribution >= 4 is 29.2 Å². The molecule has 0 unspecified atom stereocenters. The van der Waals surface area contributed by atoms with Gasteiger partial charge in [-0.25, -0.2) is 9.78 Å². The van der Waals surface area contributed by atoms with E-state index < -0.39 is 18.5 Å². The molecule has 120 valence electrons. The largest absolute Gasteiger partial charge is 0.452 e. The summed E-state index contributed by atoms with van der Waals surface area (Å²) in [7, 11) is 0. The van der Waals surface area contributed by atoms with Gasteiger partial charge < -0.3 is 10.1 Å². The molecule has 1 aromatic carbocycles. The van der Waals surface area contributed by atoms with Gasteiger partial charge in [-0.2, -0.15) is 0 Å². The first-order valence-corrected chi connectivity index (χ1v) is 7.42. The Labute approximate surface area is 139 Å². The fraction of sp³-hybridized carbons (Fsp3) is 0.235. The molecule has 1 N–H and O–H groups in total. The number of nitrogens with one attached hydrogen (secondary N) is 1.